The van der Waals surface area contributed by atoms with Crippen molar-refractivity contribution in [3.8, 4) is 0 Å². The lowest BCUT2D eigenvalue weighted by molar-refractivity contribution is -0.0368. The summed E-state index contributed by atoms with van der Waals surface area (Å²) in [4.78, 5) is 0. The standard InChI is InChI=1S/C10H18O/c1-8-6-5-7-9(11-8)10(2,3)4/h5,7-9H,6H2,1-4H3. The molecule has 0 saturated carbocycles. The van der Waals surface area contributed by atoms with E-state index in [-0.39, 0.29) is 5.41 Å². The Morgan fingerprint density at radius 2 is 2.00 bits per heavy atom. The predicted octanol–water partition coefficient (Wildman–Crippen LogP) is 2.77. The molecule has 0 saturated heterocycles. The number of hydrogen-bond donors (Lipinski definition) is 0. The van der Waals surface area contributed by atoms with E-state index < -0.39 is 0 Å². The molecule has 1 nitrogen and oxygen atoms in total. The van der Waals surface area contributed by atoms with Crippen LogP contribution >= 0.6 is 0 Å². The Hall–Kier alpha value is -0.300. The van der Waals surface area contributed by atoms with E-state index in [1.165, 1.54) is 0 Å². The monoisotopic (exact) mass is 154 g/mol. The van der Waals surface area contributed by atoms with Gasteiger partial charge in [0, 0.05) is 0 Å². The molecule has 1 heteroatoms. The molecule has 0 N–H and O–H groups in total. The fraction of sp³-hybridized carbons (Fsp3) is 0.800. The van der Waals surface area contributed by atoms with E-state index >= 15 is 0 Å². The van der Waals surface area contributed by atoms with Gasteiger partial charge in [0.2, 0.25) is 0 Å². The summed E-state index contributed by atoms with van der Waals surface area (Å²) in [5.41, 5.74) is 0.241. The third-order valence-corrected chi connectivity index (χ3v) is 2.01. The molecule has 0 aromatic heterocycles. The van der Waals surface area contributed by atoms with Crippen molar-refractivity contribution in [2.24, 2.45) is 5.41 Å². The molecule has 0 aliphatic carbocycles. The van der Waals surface area contributed by atoms with E-state index in [9.17, 15) is 0 Å². The molecule has 1 rings (SSSR count). The summed E-state index contributed by atoms with van der Waals surface area (Å²) in [6.07, 6.45) is 6.16. The minimum atomic E-state index is 0.241. The van der Waals surface area contributed by atoms with E-state index in [0.717, 1.165) is 6.42 Å². The van der Waals surface area contributed by atoms with Gasteiger partial charge in [-0.25, -0.2) is 0 Å². The van der Waals surface area contributed by atoms with Crippen LogP contribution in [0.1, 0.15) is 34.1 Å². The zero-order valence-corrected chi connectivity index (χ0v) is 7.92. The Labute approximate surface area is 69.4 Å². The third-order valence-electron chi connectivity index (χ3n) is 2.01. The molecular formula is C10H18O. The number of ether oxygens (including phenoxy) is 1. The summed E-state index contributed by atoms with van der Waals surface area (Å²) >= 11 is 0. The second-order valence-electron chi connectivity index (χ2n) is 4.40. The molecule has 1 heterocycles. The van der Waals surface area contributed by atoms with E-state index in [1.54, 1.807) is 0 Å². The summed E-state index contributed by atoms with van der Waals surface area (Å²) < 4.78 is 5.76. The van der Waals surface area contributed by atoms with Crippen LogP contribution in [0.2, 0.25) is 0 Å². The molecule has 0 bridgehead atoms. The van der Waals surface area contributed by atoms with Crippen molar-refractivity contribution in [3.63, 3.8) is 0 Å². The van der Waals surface area contributed by atoms with Crippen molar-refractivity contribution >= 4 is 0 Å². The SMILES string of the molecule is CC1CC=CC(C(C)(C)C)O1. The van der Waals surface area contributed by atoms with Gasteiger partial charge in [-0.3, -0.25) is 0 Å². The van der Waals surface area contributed by atoms with Crippen molar-refractivity contribution in [2.75, 3.05) is 0 Å². The maximum atomic E-state index is 5.76. The van der Waals surface area contributed by atoms with Gasteiger partial charge in [-0.05, 0) is 18.8 Å². The first-order chi connectivity index (χ1) is 5.00. The van der Waals surface area contributed by atoms with Crippen LogP contribution in [-0.2, 0) is 4.74 Å². The Bertz CT molecular complexity index is 153. The molecule has 0 amide bonds. The molecule has 0 spiro atoms. The molecule has 1 aliphatic heterocycles. The lowest BCUT2D eigenvalue weighted by Crippen LogP contribution is -2.32. The van der Waals surface area contributed by atoms with Crippen LogP contribution in [0.5, 0.6) is 0 Å². The predicted molar refractivity (Wildman–Crippen MR) is 47.5 cm³/mol. The lowest BCUT2D eigenvalue weighted by atomic mass is 9.87. The zero-order chi connectivity index (χ0) is 8.48. The highest BCUT2D eigenvalue weighted by Crippen LogP contribution is 2.27. The van der Waals surface area contributed by atoms with E-state index in [4.69, 9.17) is 4.74 Å². The summed E-state index contributed by atoms with van der Waals surface area (Å²) in [6.45, 7) is 8.75. The Kier molecular flexibility index (Phi) is 2.38. The van der Waals surface area contributed by atoms with Crippen LogP contribution in [0.4, 0.5) is 0 Å². The van der Waals surface area contributed by atoms with Gasteiger partial charge in [0.1, 0.15) is 0 Å². The van der Waals surface area contributed by atoms with Crippen molar-refractivity contribution < 1.29 is 4.74 Å². The molecule has 0 radical (unpaired) electrons. The topological polar surface area (TPSA) is 9.23 Å². The van der Waals surface area contributed by atoms with Gasteiger partial charge in [0.25, 0.3) is 0 Å². The summed E-state index contributed by atoms with van der Waals surface area (Å²) in [6, 6.07) is 0. The summed E-state index contributed by atoms with van der Waals surface area (Å²) in [5, 5.41) is 0. The smallest absolute Gasteiger partial charge is 0.0807 e. The zero-order valence-electron chi connectivity index (χ0n) is 7.92. The van der Waals surface area contributed by atoms with Crippen molar-refractivity contribution in [3.05, 3.63) is 12.2 Å². The molecule has 2 unspecified atom stereocenters. The molecule has 0 aromatic rings. The first-order valence-corrected chi connectivity index (χ1v) is 4.32. The van der Waals surface area contributed by atoms with Gasteiger partial charge >= 0.3 is 0 Å². The number of hydrogen-bond acceptors (Lipinski definition) is 1. The molecule has 0 aromatic carbocycles. The normalized spacial score (nSPS) is 32.4. The molecule has 64 valence electrons. The highest BCUT2D eigenvalue weighted by molar-refractivity contribution is 5.00. The van der Waals surface area contributed by atoms with Gasteiger partial charge in [-0.2, -0.15) is 0 Å². The van der Waals surface area contributed by atoms with Gasteiger partial charge < -0.3 is 4.74 Å². The average molecular weight is 154 g/mol. The van der Waals surface area contributed by atoms with E-state index in [1.807, 2.05) is 0 Å². The van der Waals surface area contributed by atoms with E-state index in [2.05, 4.69) is 39.8 Å². The van der Waals surface area contributed by atoms with Crippen molar-refractivity contribution in [1.29, 1.82) is 0 Å². The van der Waals surface area contributed by atoms with Crippen LogP contribution in [0, 0.1) is 5.41 Å². The molecule has 2 atom stereocenters. The summed E-state index contributed by atoms with van der Waals surface area (Å²) in [7, 11) is 0. The lowest BCUT2D eigenvalue weighted by Gasteiger charge is -2.33. The first-order valence-electron chi connectivity index (χ1n) is 4.32. The fourth-order valence-corrected chi connectivity index (χ4v) is 1.24. The van der Waals surface area contributed by atoms with Crippen LogP contribution in [0.25, 0.3) is 0 Å². The second kappa shape index (κ2) is 2.98. The van der Waals surface area contributed by atoms with Crippen molar-refractivity contribution in [1.82, 2.24) is 0 Å². The fourth-order valence-electron chi connectivity index (χ4n) is 1.24. The number of rotatable bonds is 0. The Balaban J connectivity index is 2.60. The summed E-state index contributed by atoms with van der Waals surface area (Å²) in [5.74, 6) is 0. The molecular weight excluding hydrogens is 136 g/mol. The van der Waals surface area contributed by atoms with E-state index in [0.29, 0.717) is 12.2 Å². The highest BCUT2D eigenvalue weighted by atomic mass is 16.5. The highest BCUT2D eigenvalue weighted by Gasteiger charge is 2.26. The minimum absolute atomic E-state index is 0.241. The Morgan fingerprint density at radius 1 is 1.36 bits per heavy atom. The van der Waals surface area contributed by atoms with Crippen LogP contribution in [0.15, 0.2) is 12.2 Å². The quantitative estimate of drug-likeness (QED) is 0.487. The third kappa shape index (κ3) is 2.33. The molecule has 0 fully saturated rings. The largest absolute Gasteiger partial charge is 0.370 e. The second-order valence-corrected chi connectivity index (χ2v) is 4.40. The average Bonchev–Trinajstić information content (AvgIpc) is 1.86. The van der Waals surface area contributed by atoms with Crippen LogP contribution in [-0.4, -0.2) is 12.2 Å². The maximum Gasteiger partial charge on any atom is 0.0807 e. The Morgan fingerprint density at radius 3 is 2.36 bits per heavy atom. The maximum absolute atomic E-state index is 5.76. The van der Waals surface area contributed by atoms with Gasteiger partial charge in [0.05, 0.1) is 12.2 Å². The molecule has 11 heavy (non-hydrogen) atoms. The van der Waals surface area contributed by atoms with Crippen LogP contribution < -0.4 is 0 Å². The van der Waals surface area contributed by atoms with Crippen LogP contribution in [0.3, 0.4) is 0 Å². The molecule has 1 aliphatic rings. The van der Waals surface area contributed by atoms with Crippen molar-refractivity contribution in [2.45, 2.75) is 46.3 Å². The first kappa shape index (κ1) is 8.79. The van der Waals surface area contributed by atoms with Gasteiger partial charge in [0.15, 0.2) is 0 Å². The van der Waals surface area contributed by atoms with Gasteiger partial charge in [-0.15, -0.1) is 0 Å². The van der Waals surface area contributed by atoms with Gasteiger partial charge in [-0.1, -0.05) is 32.9 Å². The minimum Gasteiger partial charge on any atom is -0.370 e.